The number of nitrogens with zero attached hydrogens (tertiary/aromatic N) is 2. The molecule has 1 aliphatic heterocycles. The number of nitrogens with two attached hydrogens (primary N) is 2. The van der Waals surface area contributed by atoms with Crippen LogP contribution in [0.5, 0.6) is 0 Å². The Morgan fingerprint density at radius 2 is 2.33 bits per heavy atom. The predicted molar refractivity (Wildman–Crippen MR) is 71.3 cm³/mol. The summed E-state index contributed by atoms with van der Waals surface area (Å²) in [5.41, 5.74) is 11.9. The van der Waals surface area contributed by atoms with E-state index >= 15 is 0 Å². The highest BCUT2D eigenvalue weighted by molar-refractivity contribution is 6.33. The van der Waals surface area contributed by atoms with Crippen LogP contribution in [-0.4, -0.2) is 23.5 Å². The van der Waals surface area contributed by atoms with Crippen LogP contribution in [0.15, 0.2) is 12.3 Å². The lowest BCUT2D eigenvalue weighted by Gasteiger charge is -2.35. The molecule has 98 valence electrons. The van der Waals surface area contributed by atoms with Gasteiger partial charge in [0.2, 0.25) is 5.91 Å². The molecule has 1 amide bonds. The molecular weight excluding hydrogens is 252 g/mol. The number of piperidine rings is 1. The SMILES string of the molecule is NCc1ccnc(N2CCCCC2C(N)=O)c1Cl. The third kappa shape index (κ3) is 2.42. The number of aromatic nitrogens is 1. The standard InChI is InChI=1S/C12H17ClN4O/c13-10-8(7-14)4-5-16-12(10)17-6-2-1-3-9(17)11(15)18/h4-5,9H,1-3,6-7,14H2,(H2,15,18). The number of hydrogen-bond acceptors (Lipinski definition) is 4. The lowest BCUT2D eigenvalue weighted by Crippen LogP contribution is -2.48. The number of hydrogen-bond donors (Lipinski definition) is 2. The molecule has 2 heterocycles. The normalized spacial score (nSPS) is 19.9. The van der Waals surface area contributed by atoms with Crippen LogP contribution < -0.4 is 16.4 Å². The van der Waals surface area contributed by atoms with E-state index in [9.17, 15) is 4.79 Å². The highest BCUT2D eigenvalue weighted by Crippen LogP contribution is 2.31. The zero-order valence-electron chi connectivity index (χ0n) is 10.1. The van der Waals surface area contributed by atoms with Gasteiger partial charge in [-0.1, -0.05) is 11.6 Å². The van der Waals surface area contributed by atoms with Crippen molar-refractivity contribution < 1.29 is 4.79 Å². The van der Waals surface area contributed by atoms with Crippen molar-refractivity contribution in [2.75, 3.05) is 11.4 Å². The van der Waals surface area contributed by atoms with Crippen LogP contribution in [0.2, 0.25) is 5.02 Å². The number of amides is 1. The zero-order valence-corrected chi connectivity index (χ0v) is 10.9. The second-order valence-corrected chi connectivity index (χ2v) is 4.80. The second kappa shape index (κ2) is 5.54. The first kappa shape index (κ1) is 13.1. The molecule has 1 unspecified atom stereocenters. The third-order valence-corrected chi connectivity index (χ3v) is 3.69. The van der Waals surface area contributed by atoms with Crippen molar-refractivity contribution in [1.82, 2.24) is 4.98 Å². The first-order valence-corrected chi connectivity index (χ1v) is 6.42. The van der Waals surface area contributed by atoms with Crippen molar-refractivity contribution in [2.45, 2.75) is 31.8 Å². The van der Waals surface area contributed by atoms with Gasteiger partial charge in [0.25, 0.3) is 0 Å². The molecule has 18 heavy (non-hydrogen) atoms. The molecule has 1 aromatic heterocycles. The van der Waals surface area contributed by atoms with Crippen molar-refractivity contribution in [3.63, 3.8) is 0 Å². The Kier molecular flexibility index (Phi) is 4.04. The summed E-state index contributed by atoms with van der Waals surface area (Å²) in [5.74, 6) is 0.286. The maximum absolute atomic E-state index is 11.5. The molecule has 0 spiro atoms. The van der Waals surface area contributed by atoms with Crippen LogP contribution in [0.4, 0.5) is 5.82 Å². The molecular formula is C12H17ClN4O. The molecule has 0 aromatic carbocycles. The fraction of sp³-hybridized carbons (Fsp3) is 0.500. The number of primary amides is 1. The molecule has 1 aromatic rings. The van der Waals surface area contributed by atoms with Gasteiger partial charge >= 0.3 is 0 Å². The Bertz CT molecular complexity index is 452. The quantitative estimate of drug-likeness (QED) is 0.858. The van der Waals surface area contributed by atoms with Crippen molar-refractivity contribution in [2.24, 2.45) is 11.5 Å². The van der Waals surface area contributed by atoms with E-state index in [-0.39, 0.29) is 11.9 Å². The molecule has 1 atom stereocenters. The molecule has 1 saturated heterocycles. The summed E-state index contributed by atoms with van der Waals surface area (Å²) < 4.78 is 0. The minimum Gasteiger partial charge on any atom is -0.368 e. The summed E-state index contributed by atoms with van der Waals surface area (Å²) in [7, 11) is 0. The molecule has 5 nitrogen and oxygen atoms in total. The predicted octanol–water partition coefficient (Wildman–Crippen LogP) is 1.04. The summed E-state index contributed by atoms with van der Waals surface area (Å²) >= 11 is 6.28. The van der Waals surface area contributed by atoms with E-state index in [1.807, 2.05) is 4.90 Å². The Morgan fingerprint density at radius 1 is 1.56 bits per heavy atom. The van der Waals surface area contributed by atoms with Gasteiger partial charge in [-0.2, -0.15) is 0 Å². The van der Waals surface area contributed by atoms with E-state index in [0.29, 0.717) is 17.4 Å². The van der Waals surface area contributed by atoms with Crippen LogP contribution in [0, 0.1) is 0 Å². The lowest BCUT2D eigenvalue weighted by atomic mass is 10.0. The maximum atomic E-state index is 11.5. The number of rotatable bonds is 3. The Labute approximate surface area is 111 Å². The zero-order chi connectivity index (χ0) is 13.1. The molecule has 0 saturated carbocycles. The highest BCUT2D eigenvalue weighted by atomic mass is 35.5. The van der Waals surface area contributed by atoms with Crippen molar-refractivity contribution in [3.05, 3.63) is 22.8 Å². The summed E-state index contributed by atoms with van der Waals surface area (Å²) in [6.45, 7) is 1.10. The van der Waals surface area contributed by atoms with E-state index < -0.39 is 0 Å². The smallest absolute Gasteiger partial charge is 0.240 e. The second-order valence-electron chi connectivity index (χ2n) is 4.42. The van der Waals surface area contributed by atoms with E-state index in [1.54, 1.807) is 12.3 Å². The Hall–Kier alpha value is -1.33. The molecule has 1 aliphatic rings. The fourth-order valence-corrected chi connectivity index (χ4v) is 2.61. The van der Waals surface area contributed by atoms with E-state index in [0.717, 1.165) is 31.4 Å². The summed E-state index contributed by atoms with van der Waals surface area (Å²) in [4.78, 5) is 17.7. The number of anilines is 1. The van der Waals surface area contributed by atoms with Gasteiger partial charge in [-0.3, -0.25) is 4.79 Å². The molecule has 1 fully saturated rings. The Morgan fingerprint density at radius 3 is 3.00 bits per heavy atom. The van der Waals surface area contributed by atoms with Gasteiger partial charge in [0.15, 0.2) is 0 Å². The summed E-state index contributed by atoms with van der Waals surface area (Å²) in [5, 5.41) is 0.521. The van der Waals surface area contributed by atoms with E-state index in [1.165, 1.54) is 0 Å². The van der Waals surface area contributed by atoms with Crippen molar-refractivity contribution >= 4 is 23.3 Å². The highest BCUT2D eigenvalue weighted by Gasteiger charge is 2.29. The first-order chi connectivity index (χ1) is 8.65. The van der Waals surface area contributed by atoms with Gasteiger partial charge in [-0.05, 0) is 30.9 Å². The molecule has 0 radical (unpaired) electrons. The largest absolute Gasteiger partial charge is 0.368 e. The van der Waals surface area contributed by atoms with Crippen LogP contribution in [0.25, 0.3) is 0 Å². The lowest BCUT2D eigenvalue weighted by molar-refractivity contribution is -0.119. The van der Waals surface area contributed by atoms with E-state index in [4.69, 9.17) is 23.1 Å². The van der Waals surface area contributed by atoms with Gasteiger partial charge in [0, 0.05) is 19.3 Å². The van der Waals surface area contributed by atoms with Crippen LogP contribution >= 0.6 is 11.6 Å². The minimum absolute atomic E-state index is 0.322. The van der Waals surface area contributed by atoms with Crippen molar-refractivity contribution in [1.29, 1.82) is 0 Å². The van der Waals surface area contributed by atoms with Crippen LogP contribution in [-0.2, 0) is 11.3 Å². The molecule has 0 bridgehead atoms. The first-order valence-electron chi connectivity index (χ1n) is 6.04. The molecule has 4 N–H and O–H groups in total. The monoisotopic (exact) mass is 268 g/mol. The number of carbonyl (C=O) groups excluding carboxylic acids is 1. The van der Waals surface area contributed by atoms with Gasteiger partial charge in [-0.25, -0.2) is 4.98 Å². The fourth-order valence-electron chi connectivity index (χ4n) is 2.31. The van der Waals surface area contributed by atoms with Gasteiger partial charge in [-0.15, -0.1) is 0 Å². The van der Waals surface area contributed by atoms with Crippen LogP contribution in [0.1, 0.15) is 24.8 Å². The minimum atomic E-state index is -0.328. The maximum Gasteiger partial charge on any atom is 0.240 e. The topological polar surface area (TPSA) is 85.2 Å². The van der Waals surface area contributed by atoms with Gasteiger partial charge in [0.05, 0.1) is 5.02 Å². The van der Waals surface area contributed by atoms with E-state index in [2.05, 4.69) is 4.98 Å². The third-order valence-electron chi connectivity index (χ3n) is 3.27. The average molecular weight is 269 g/mol. The van der Waals surface area contributed by atoms with Crippen molar-refractivity contribution in [3.8, 4) is 0 Å². The molecule has 2 rings (SSSR count). The van der Waals surface area contributed by atoms with Gasteiger partial charge in [0.1, 0.15) is 11.9 Å². The Balaban J connectivity index is 2.36. The number of pyridine rings is 1. The summed E-state index contributed by atoms with van der Waals surface area (Å²) in [6, 6.07) is 1.46. The molecule has 0 aliphatic carbocycles. The number of carbonyl (C=O) groups is 1. The van der Waals surface area contributed by atoms with Crippen LogP contribution in [0.3, 0.4) is 0 Å². The summed E-state index contributed by atoms with van der Waals surface area (Å²) in [6.07, 6.45) is 4.42. The van der Waals surface area contributed by atoms with Gasteiger partial charge < -0.3 is 16.4 Å². The molecule has 6 heteroatoms. The number of halogens is 1. The average Bonchev–Trinajstić information content (AvgIpc) is 2.39.